The van der Waals surface area contributed by atoms with Crippen LogP contribution in [0.5, 0.6) is 11.5 Å². The fraction of sp³-hybridized carbons (Fsp3) is 0.208. The van der Waals surface area contributed by atoms with Gasteiger partial charge in [0, 0.05) is 29.6 Å². The fourth-order valence-corrected chi connectivity index (χ4v) is 3.68. The second-order valence-corrected chi connectivity index (χ2v) is 7.71. The van der Waals surface area contributed by atoms with E-state index in [1.807, 2.05) is 0 Å². The van der Waals surface area contributed by atoms with Crippen molar-refractivity contribution in [1.82, 2.24) is 24.7 Å². The topological polar surface area (TPSA) is 145 Å². The number of nitrogens with two attached hydrogens (primary N) is 1. The van der Waals surface area contributed by atoms with Gasteiger partial charge in [-0.15, -0.1) is 9.78 Å². The number of hydrogen-bond donors (Lipinski definition) is 3. The van der Waals surface area contributed by atoms with Crippen molar-refractivity contribution in [3.63, 3.8) is 0 Å². The van der Waals surface area contributed by atoms with Crippen LogP contribution in [0.25, 0.3) is 5.95 Å². The largest absolute Gasteiger partial charge is 0.493 e. The van der Waals surface area contributed by atoms with E-state index in [9.17, 15) is 9.18 Å². The Balaban J connectivity index is 1.80. The molecule has 0 aliphatic carbocycles. The van der Waals surface area contributed by atoms with Crippen LogP contribution in [0.1, 0.15) is 28.4 Å². The molecule has 0 aliphatic rings. The summed E-state index contributed by atoms with van der Waals surface area (Å²) in [7, 11) is 1.39. The average Bonchev–Trinajstić information content (AvgIpc) is 3.28. The van der Waals surface area contributed by atoms with Crippen molar-refractivity contribution in [3.05, 3.63) is 93.7 Å². The van der Waals surface area contributed by atoms with Gasteiger partial charge in [-0.05, 0) is 24.1 Å². The fourth-order valence-electron chi connectivity index (χ4n) is 3.68. The molecule has 10 nitrogen and oxygen atoms in total. The summed E-state index contributed by atoms with van der Waals surface area (Å²) in [6.07, 6.45) is 3.17. The molecule has 4 N–H and O–H groups in total. The van der Waals surface area contributed by atoms with Gasteiger partial charge in [-0.3, -0.25) is 10.4 Å². The van der Waals surface area contributed by atoms with E-state index in [1.165, 1.54) is 25.6 Å². The van der Waals surface area contributed by atoms with Crippen molar-refractivity contribution >= 4 is 5.84 Å². The van der Waals surface area contributed by atoms with E-state index in [0.717, 1.165) is 16.3 Å². The quantitative estimate of drug-likeness (QED) is 0.226. The Morgan fingerprint density at radius 1 is 1.19 bits per heavy atom. The third-order valence-corrected chi connectivity index (χ3v) is 5.40. The molecule has 12 heteroatoms. The van der Waals surface area contributed by atoms with Crippen molar-refractivity contribution < 1.29 is 18.3 Å². The molecule has 0 amide bonds. The van der Waals surface area contributed by atoms with Gasteiger partial charge in [0.05, 0.1) is 13.0 Å². The highest BCUT2D eigenvalue weighted by molar-refractivity contribution is 5.94. The van der Waals surface area contributed by atoms with Gasteiger partial charge >= 0.3 is 5.69 Å². The first-order valence-electron chi connectivity index (χ1n) is 10.9. The summed E-state index contributed by atoms with van der Waals surface area (Å²) in [4.78, 5) is 23.5. The van der Waals surface area contributed by atoms with Crippen LogP contribution >= 0.6 is 0 Å². The molecule has 186 valence electrons. The molecule has 0 bridgehead atoms. The van der Waals surface area contributed by atoms with E-state index in [4.69, 9.17) is 20.6 Å². The summed E-state index contributed by atoms with van der Waals surface area (Å²) in [5, 5.41) is 11.9. The minimum Gasteiger partial charge on any atom is -0.493 e. The van der Waals surface area contributed by atoms with Gasteiger partial charge in [0.2, 0.25) is 0 Å². The van der Waals surface area contributed by atoms with Crippen molar-refractivity contribution in [3.8, 4) is 17.4 Å². The number of benzene rings is 2. The number of nitrogen functional groups attached to an aromatic ring is 1. The van der Waals surface area contributed by atoms with E-state index in [-0.39, 0.29) is 47.7 Å². The van der Waals surface area contributed by atoms with Gasteiger partial charge in [0.15, 0.2) is 11.5 Å². The van der Waals surface area contributed by atoms with Crippen LogP contribution < -0.4 is 20.9 Å². The average molecular weight is 495 g/mol. The standard InChI is InChI=1S/C24H23F2N7O3/c1-35-19-12-16(18(26)13-20(19)36-10-7-25)17(11-14-3-5-15(6-4-14)21(27)28)22-31-24(34)33(32-22)23-29-8-2-9-30-23/h2-6,8-9,12-13,17H,7,10-11H2,1H3,(H3,27,28)(H,31,32,34). The third kappa shape index (κ3) is 5.22. The van der Waals surface area contributed by atoms with Crippen LogP contribution in [-0.2, 0) is 6.42 Å². The van der Waals surface area contributed by atoms with Gasteiger partial charge in [0.1, 0.15) is 30.8 Å². The lowest BCUT2D eigenvalue weighted by Crippen LogP contribution is -2.18. The number of nitrogens with zero attached hydrogens (tertiary/aromatic N) is 4. The molecule has 0 aliphatic heterocycles. The summed E-state index contributed by atoms with van der Waals surface area (Å²) >= 11 is 0. The van der Waals surface area contributed by atoms with E-state index < -0.39 is 24.1 Å². The number of ether oxygens (including phenoxy) is 2. The van der Waals surface area contributed by atoms with Gasteiger partial charge < -0.3 is 15.2 Å². The lowest BCUT2D eigenvalue weighted by atomic mass is 9.90. The molecule has 0 saturated heterocycles. The maximum atomic E-state index is 15.4. The summed E-state index contributed by atoms with van der Waals surface area (Å²) in [5.41, 5.74) is 6.43. The molecule has 2 heterocycles. The first-order valence-corrected chi connectivity index (χ1v) is 10.9. The third-order valence-electron chi connectivity index (χ3n) is 5.40. The molecule has 0 fully saturated rings. The summed E-state index contributed by atoms with van der Waals surface area (Å²) in [5.74, 6) is -1.02. The summed E-state index contributed by atoms with van der Waals surface area (Å²) in [6, 6.07) is 11.0. The van der Waals surface area contributed by atoms with Crippen LogP contribution in [0.4, 0.5) is 8.78 Å². The Kier molecular flexibility index (Phi) is 7.33. The molecule has 4 rings (SSSR count). The van der Waals surface area contributed by atoms with Crippen LogP contribution in [0.2, 0.25) is 0 Å². The molecule has 1 unspecified atom stereocenters. The highest BCUT2D eigenvalue weighted by atomic mass is 19.1. The summed E-state index contributed by atoms with van der Waals surface area (Å²) < 4.78 is 39.6. The van der Waals surface area contributed by atoms with Crippen LogP contribution in [0, 0.1) is 11.2 Å². The van der Waals surface area contributed by atoms with Gasteiger partial charge in [-0.2, -0.15) is 0 Å². The molecule has 0 spiro atoms. The number of aromatic amines is 1. The molecular formula is C24H23F2N7O3. The number of nitrogens with one attached hydrogen (secondary N) is 2. The van der Waals surface area contributed by atoms with Gasteiger partial charge in [-0.1, -0.05) is 24.3 Å². The number of H-pyrrole nitrogens is 1. The SMILES string of the molecule is COc1cc(C(Cc2ccc(C(=N)N)cc2)c2nn(-c3ncccn3)c(=O)[nH]2)c(F)cc1OCCF. The molecule has 2 aromatic carbocycles. The second-order valence-electron chi connectivity index (χ2n) is 7.71. The first kappa shape index (κ1) is 24.5. The number of rotatable bonds is 10. The van der Waals surface area contributed by atoms with E-state index in [1.54, 1.807) is 30.3 Å². The Labute approximate surface area is 204 Å². The van der Waals surface area contributed by atoms with Gasteiger partial charge in [-0.25, -0.2) is 23.5 Å². The van der Waals surface area contributed by atoms with Crippen LogP contribution in [0.3, 0.4) is 0 Å². The Morgan fingerprint density at radius 2 is 1.92 bits per heavy atom. The lowest BCUT2D eigenvalue weighted by molar-refractivity contribution is 0.258. The second kappa shape index (κ2) is 10.8. The smallest absolute Gasteiger partial charge is 0.350 e. The molecule has 1 atom stereocenters. The van der Waals surface area contributed by atoms with E-state index in [2.05, 4.69) is 20.1 Å². The first-order chi connectivity index (χ1) is 17.4. The summed E-state index contributed by atoms with van der Waals surface area (Å²) in [6.45, 7) is -0.999. The minimum atomic E-state index is -0.769. The number of amidine groups is 1. The van der Waals surface area contributed by atoms with E-state index >= 15 is 4.39 Å². The zero-order valence-electron chi connectivity index (χ0n) is 19.2. The van der Waals surface area contributed by atoms with Crippen LogP contribution in [0.15, 0.2) is 59.7 Å². The maximum absolute atomic E-state index is 15.4. The number of methoxy groups -OCH3 is 1. The predicted molar refractivity (Wildman–Crippen MR) is 127 cm³/mol. The zero-order valence-corrected chi connectivity index (χ0v) is 19.2. The van der Waals surface area contributed by atoms with Crippen LogP contribution in [-0.4, -0.2) is 51.0 Å². The Bertz CT molecular complexity index is 1410. The van der Waals surface area contributed by atoms with Crippen molar-refractivity contribution in [2.24, 2.45) is 5.73 Å². The number of halogens is 2. The minimum absolute atomic E-state index is 0.0534. The highest BCUT2D eigenvalue weighted by Gasteiger charge is 2.26. The Morgan fingerprint density at radius 3 is 2.56 bits per heavy atom. The van der Waals surface area contributed by atoms with E-state index in [0.29, 0.717) is 5.56 Å². The van der Waals surface area contributed by atoms with Crippen molar-refractivity contribution in [2.75, 3.05) is 20.4 Å². The zero-order chi connectivity index (χ0) is 25.7. The molecule has 36 heavy (non-hydrogen) atoms. The number of aromatic nitrogens is 5. The highest BCUT2D eigenvalue weighted by Crippen LogP contribution is 2.36. The molecule has 0 saturated carbocycles. The molecule has 0 radical (unpaired) electrons. The Hall–Kier alpha value is -4.61. The van der Waals surface area contributed by atoms with Gasteiger partial charge in [0.25, 0.3) is 5.95 Å². The maximum Gasteiger partial charge on any atom is 0.350 e. The molecule has 4 aromatic rings. The molecular weight excluding hydrogens is 472 g/mol. The number of alkyl halides is 1. The molecule has 2 aromatic heterocycles. The predicted octanol–water partition coefficient (Wildman–Crippen LogP) is 2.51. The number of hydrogen-bond acceptors (Lipinski definition) is 7. The monoisotopic (exact) mass is 495 g/mol. The normalized spacial score (nSPS) is 11.8. The lowest BCUT2D eigenvalue weighted by Gasteiger charge is -2.19. The van der Waals surface area contributed by atoms with Crippen molar-refractivity contribution in [1.29, 1.82) is 5.41 Å². The van der Waals surface area contributed by atoms with Crippen molar-refractivity contribution in [2.45, 2.75) is 12.3 Å².